The molecule has 2 heterocycles. The van der Waals surface area contributed by atoms with Crippen LogP contribution in [-0.4, -0.2) is 29.3 Å². The van der Waals surface area contributed by atoms with Crippen molar-refractivity contribution in [3.63, 3.8) is 0 Å². The molecule has 29 heavy (non-hydrogen) atoms. The third kappa shape index (κ3) is 4.13. The van der Waals surface area contributed by atoms with Crippen LogP contribution in [-0.2, 0) is 20.1 Å². The number of aromatic nitrogens is 2. The van der Waals surface area contributed by atoms with Gasteiger partial charge in [0.15, 0.2) is 0 Å². The summed E-state index contributed by atoms with van der Waals surface area (Å²) in [5.74, 6) is 1.45. The van der Waals surface area contributed by atoms with Gasteiger partial charge in [0, 0.05) is 31.9 Å². The molecular formula is C22H27N3O4. The smallest absolute Gasteiger partial charge is 0.268 e. The van der Waals surface area contributed by atoms with Crippen molar-refractivity contribution in [2.75, 3.05) is 14.2 Å². The molecule has 7 heteroatoms. The largest absolute Gasteiger partial charge is 0.497 e. The number of fused-ring (bicyclic) bond motifs is 1. The molecule has 0 spiro atoms. The lowest BCUT2D eigenvalue weighted by Crippen LogP contribution is -2.25. The Bertz CT molecular complexity index is 1100. The van der Waals surface area contributed by atoms with Crippen molar-refractivity contribution in [1.82, 2.24) is 14.5 Å². The van der Waals surface area contributed by atoms with Crippen LogP contribution in [0.2, 0.25) is 0 Å². The van der Waals surface area contributed by atoms with Crippen LogP contribution in [0.3, 0.4) is 0 Å². The maximum absolute atomic E-state index is 12.8. The lowest BCUT2D eigenvalue weighted by atomic mass is 10.2. The second-order valence-corrected chi connectivity index (χ2v) is 7.42. The monoisotopic (exact) mass is 397 g/mol. The summed E-state index contributed by atoms with van der Waals surface area (Å²) in [5, 5.41) is 3.45. The Labute approximate surface area is 169 Å². The number of methoxy groups -OCH3 is 2. The van der Waals surface area contributed by atoms with Crippen molar-refractivity contribution in [2.45, 2.75) is 26.9 Å². The molecule has 0 saturated carbocycles. The van der Waals surface area contributed by atoms with E-state index in [0.717, 1.165) is 11.1 Å². The molecule has 1 N–H and O–H groups in total. The number of carbonyl (C=O) groups excluding carboxylic acids is 1. The quantitative estimate of drug-likeness (QED) is 0.665. The number of nitrogens with one attached hydrogen (secondary N) is 1. The Hall–Kier alpha value is -3.22. The van der Waals surface area contributed by atoms with Crippen LogP contribution in [0.5, 0.6) is 11.5 Å². The van der Waals surface area contributed by atoms with Gasteiger partial charge < -0.3 is 23.9 Å². The number of hydrogen-bond donors (Lipinski definition) is 1. The van der Waals surface area contributed by atoms with Crippen molar-refractivity contribution in [3.05, 3.63) is 58.1 Å². The first-order valence-electron chi connectivity index (χ1n) is 9.53. The number of nitrogens with zero attached hydrogens (tertiary/aromatic N) is 2. The molecule has 0 aliphatic rings. The van der Waals surface area contributed by atoms with Crippen LogP contribution >= 0.6 is 0 Å². The molecule has 2 aromatic heterocycles. The molecule has 0 unspecified atom stereocenters. The highest BCUT2D eigenvalue weighted by Gasteiger charge is 2.17. The Balaban J connectivity index is 1.87. The van der Waals surface area contributed by atoms with Crippen LogP contribution in [0, 0.1) is 5.92 Å². The van der Waals surface area contributed by atoms with E-state index in [1.54, 1.807) is 54.8 Å². The molecule has 0 saturated heterocycles. The molecular weight excluding hydrogens is 370 g/mol. The molecule has 0 atom stereocenters. The Morgan fingerprint density at radius 2 is 1.90 bits per heavy atom. The van der Waals surface area contributed by atoms with E-state index in [1.165, 1.54) is 0 Å². The number of aryl methyl sites for hydroxylation is 1. The SMILES string of the molecule is COc1ccc(OC)c(CNC(=O)c2cc3c(=O)n(CC(C)C)ccc3n2C)c1. The lowest BCUT2D eigenvalue weighted by Gasteiger charge is -2.12. The molecule has 1 aromatic carbocycles. The number of amides is 1. The fourth-order valence-electron chi connectivity index (χ4n) is 3.41. The van der Waals surface area contributed by atoms with Gasteiger partial charge in [0.25, 0.3) is 11.5 Å². The van der Waals surface area contributed by atoms with Gasteiger partial charge in [-0.3, -0.25) is 9.59 Å². The van der Waals surface area contributed by atoms with Crippen molar-refractivity contribution in [3.8, 4) is 11.5 Å². The number of ether oxygens (including phenoxy) is 2. The van der Waals surface area contributed by atoms with E-state index in [4.69, 9.17) is 9.47 Å². The molecule has 3 aromatic rings. The minimum Gasteiger partial charge on any atom is -0.497 e. The number of carbonyl (C=O) groups is 1. The van der Waals surface area contributed by atoms with E-state index in [0.29, 0.717) is 35.0 Å². The summed E-state index contributed by atoms with van der Waals surface area (Å²) >= 11 is 0. The predicted molar refractivity (Wildman–Crippen MR) is 113 cm³/mol. The van der Waals surface area contributed by atoms with E-state index >= 15 is 0 Å². The Morgan fingerprint density at radius 1 is 1.14 bits per heavy atom. The highest BCUT2D eigenvalue weighted by Crippen LogP contribution is 2.24. The standard InChI is InChI=1S/C22H27N3O4/c1-14(2)13-25-9-8-18-17(22(25)27)11-19(24(18)3)21(26)23-12-15-10-16(28-4)6-7-20(15)29-5/h6-11,14H,12-13H2,1-5H3,(H,23,26). The fraction of sp³-hybridized carbons (Fsp3) is 0.364. The average Bonchev–Trinajstić information content (AvgIpc) is 3.05. The van der Waals surface area contributed by atoms with Gasteiger partial charge in [-0.15, -0.1) is 0 Å². The number of pyridine rings is 1. The summed E-state index contributed by atoms with van der Waals surface area (Å²) in [6.07, 6.45) is 1.79. The molecule has 154 valence electrons. The summed E-state index contributed by atoms with van der Waals surface area (Å²) < 4.78 is 14.0. The van der Waals surface area contributed by atoms with Gasteiger partial charge in [-0.05, 0) is 36.2 Å². The number of hydrogen-bond acceptors (Lipinski definition) is 4. The highest BCUT2D eigenvalue weighted by atomic mass is 16.5. The van der Waals surface area contributed by atoms with E-state index in [1.807, 2.05) is 12.1 Å². The third-order valence-corrected chi connectivity index (χ3v) is 4.90. The molecule has 0 fully saturated rings. The van der Waals surface area contributed by atoms with Crippen molar-refractivity contribution in [1.29, 1.82) is 0 Å². The van der Waals surface area contributed by atoms with E-state index < -0.39 is 0 Å². The molecule has 1 amide bonds. The van der Waals surface area contributed by atoms with Crippen LogP contribution in [0.15, 0.2) is 41.3 Å². The van der Waals surface area contributed by atoms with E-state index in [9.17, 15) is 9.59 Å². The first-order chi connectivity index (χ1) is 13.8. The zero-order valence-electron chi connectivity index (χ0n) is 17.5. The topological polar surface area (TPSA) is 74.5 Å². The number of rotatable bonds is 7. The first-order valence-corrected chi connectivity index (χ1v) is 9.53. The summed E-state index contributed by atoms with van der Waals surface area (Å²) in [7, 11) is 4.96. The van der Waals surface area contributed by atoms with Gasteiger partial charge in [0.1, 0.15) is 17.2 Å². The fourth-order valence-corrected chi connectivity index (χ4v) is 3.41. The summed E-state index contributed by atoms with van der Waals surface area (Å²) in [6.45, 7) is 5.04. The second kappa shape index (κ2) is 8.43. The summed E-state index contributed by atoms with van der Waals surface area (Å²) in [5.41, 5.74) is 1.89. The third-order valence-electron chi connectivity index (χ3n) is 4.90. The summed E-state index contributed by atoms with van der Waals surface area (Å²) in [4.78, 5) is 25.6. The van der Waals surface area contributed by atoms with Crippen molar-refractivity contribution >= 4 is 16.8 Å². The maximum atomic E-state index is 12.8. The molecule has 0 radical (unpaired) electrons. The minimum absolute atomic E-state index is 0.0830. The maximum Gasteiger partial charge on any atom is 0.268 e. The van der Waals surface area contributed by atoms with Crippen LogP contribution < -0.4 is 20.3 Å². The molecule has 0 aliphatic heterocycles. The van der Waals surface area contributed by atoms with Crippen LogP contribution in [0.4, 0.5) is 0 Å². The van der Waals surface area contributed by atoms with E-state index in [2.05, 4.69) is 19.2 Å². The van der Waals surface area contributed by atoms with Crippen LogP contribution in [0.25, 0.3) is 10.9 Å². The van der Waals surface area contributed by atoms with Gasteiger partial charge in [-0.2, -0.15) is 0 Å². The highest BCUT2D eigenvalue weighted by molar-refractivity contribution is 5.98. The average molecular weight is 397 g/mol. The van der Waals surface area contributed by atoms with Crippen molar-refractivity contribution in [2.24, 2.45) is 13.0 Å². The normalized spacial score (nSPS) is 11.1. The molecule has 3 rings (SSSR count). The molecule has 0 bridgehead atoms. The molecule has 7 nitrogen and oxygen atoms in total. The van der Waals surface area contributed by atoms with E-state index in [-0.39, 0.29) is 18.0 Å². The zero-order valence-corrected chi connectivity index (χ0v) is 17.5. The second-order valence-electron chi connectivity index (χ2n) is 7.42. The van der Waals surface area contributed by atoms with Gasteiger partial charge in [0.2, 0.25) is 0 Å². The minimum atomic E-state index is -0.261. The predicted octanol–water partition coefficient (Wildman–Crippen LogP) is 2.94. The van der Waals surface area contributed by atoms with Gasteiger partial charge in [0.05, 0.1) is 25.1 Å². The van der Waals surface area contributed by atoms with Gasteiger partial charge in [-0.25, -0.2) is 0 Å². The molecule has 0 aliphatic carbocycles. The van der Waals surface area contributed by atoms with Gasteiger partial charge in [-0.1, -0.05) is 13.8 Å². The zero-order chi connectivity index (χ0) is 21.1. The van der Waals surface area contributed by atoms with Crippen molar-refractivity contribution < 1.29 is 14.3 Å². The number of benzene rings is 1. The van der Waals surface area contributed by atoms with Crippen LogP contribution in [0.1, 0.15) is 29.9 Å². The Kier molecular flexibility index (Phi) is 5.96. The summed E-state index contributed by atoms with van der Waals surface area (Å²) in [6, 6.07) is 8.96. The van der Waals surface area contributed by atoms with Gasteiger partial charge >= 0.3 is 0 Å². The first kappa shape index (κ1) is 20.5. The lowest BCUT2D eigenvalue weighted by molar-refractivity contribution is 0.0943. The Morgan fingerprint density at radius 3 is 2.55 bits per heavy atom.